The first kappa shape index (κ1) is 13.9. The van der Waals surface area contributed by atoms with E-state index < -0.39 is 0 Å². The van der Waals surface area contributed by atoms with Crippen LogP contribution in [0.3, 0.4) is 0 Å². The zero-order valence-corrected chi connectivity index (χ0v) is 12.8. The summed E-state index contributed by atoms with van der Waals surface area (Å²) < 4.78 is 0. The van der Waals surface area contributed by atoms with Crippen LogP contribution in [0.25, 0.3) is 0 Å². The van der Waals surface area contributed by atoms with Crippen molar-refractivity contribution < 1.29 is 4.79 Å². The van der Waals surface area contributed by atoms with Crippen LogP contribution in [0.4, 0.5) is 5.13 Å². The number of carbonyl (C=O) groups is 1. The third-order valence-corrected chi connectivity index (χ3v) is 4.25. The fraction of sp³-hybridized carbons (Fsp3) is 0.462. The van der Waals surface area contributed by atoms with E-state index in [0.29, 0.717) is 18.8 Å². The largest absolute Gasteiger partial charge is 0.343 e. The molecule has 1 saturated heterocycles. The van der Waals surface area contributed by atoms with Crippen molar-refractivity contribution in [1.29, 1.82) is 0 Å². The molecule has 0 spiro atoms. The minimum atomic E-state index is -0.0596. The molecule has 0 N–H and O–H groups in total. The summed E-state index contributed by atoms with van der Waals surface area (Å²) in [4.78, 5) is 24.6. The number of piperazine rings is 1. The van der Waals surface area contributed by atoms with Gasteiger partial charge in [-0.05, 0) is 13.8 Å². The quantitative estimate of drug-likeness (QED) is 0.821. The Kier molecular flexibility index (Phi) is 3.78. The van der Waals surface area contributed by atoms with E-state index in [-0.39, 0.29) is 5.91 Å². The maximum Gasteiger partial charge on any atom is 0.274 e. The van der Waals surface area contributed by atoms with Gasteiger partial charge in [0, 0.05) is 32.4 Å². The van der Waals surface area contributed by atoms with E-state index in [1.54, 1.807) is 17.5 Å². The van der Waals surface area contributed by atoms with Gasteiger partial charge in [-0.15, -0.1) is 10.2 Å². The van der Waals surface area contributed by atoms with Gasteiger partial charge in [0.25, 0.3) is 5.91 Å². The third kappa shape index (κ3) is 2.99. The van der Waals surface area contributed by atoms with E-state index in [1.807, 2.05) is 18.7 Å². The van der Waals surface area contributed by atoms with Gasteiger partial charge in [0.05, 0.1) is 11.9 Å². The van der Waals surface area contributed by atoms with E-state index in [0.717, 1.165) is 28.9 Å². The lowest BCUT2D eigenvalue weighted by molar-refractivity contribution is 0.0740. The summed E-state index contributed by atoms with van der Waals surface area (Å²) >= 11 is 1.58. The summed E-state index contributed by atoms with van der Waals surface area (Å²) in [6, 6.07) is 0. The fourth-order valence-corrected chi connectivity index (χ4v) is 2.92. The minimum Gasteiger partial charge on any atom is -0.343 e. The van der Waals surface area contributed by atoms with Gasteiger partial charge in [0.2, 0.25) is 5.13 Å². The predicted octanol–water partition coefficient (Wildman–Crippen LogP) is 0.907. The number of hydrogen-bond acceptors (Lipinski definition) is 7. The molecule has 0 aliphatic carbocycles. The van der Waals surface area contributed by atoms with Crippen molar-refractivity contribution in [1.82, 2.24) is 25.1 Å². The minimum absolute atomic E-state index is 0.0596. The predicted molar refractivity (Wildman–Crippen MR) is 79.5 cm³/mol. The summed E-state index contributed by atoms with van der Waals surface area (Å²) in [6.07, 6.45) is 3.16. The molecular weight excluding hydrogens is 288 g/mol. The smallest absolute Gasteiger partial charge is 0.274 e. The average Bonchev–Trinajstić information content (AvgIpc) is 2.94. The van der Waals surface area contributed by atoms with Crippen molar-refractivity contribution in [2.45, 2.75) is 13.8 Å². The second kappa shape index (κ2) is 5.72. The van der Waals surface area contributed by atoms with Crippen LogP contribution >= 0.6 is 11.3 Å². The molecule has 7 nitrogen and oxygen atoms in total. The number of aryl methyl sites for hydroxylation is 2. The number of anilines is 1. The Morgan fingerprint density at radius 2 is 1.86 bits per heavy atom. The second-order valence-electron chi connectivity index (χ2n) is 4.93. The molecule has 1 fully saturated rings. The Bertz CT molecular complexity index is 632. The van der Waals surface area contributed by atoms with Crippen LogP contribution < -0.4 is 4.90 Å². The van der Waals surface area contributed by atoms with E-state index in [2.05, 4.69) is 25.1 Å². The lowest BCUT2D eigenvalue weighted by atomic mass is 10.3. The summed E-state index contributed by atoms with van der Waals surface area (Å²) in [5.74, 6) is -0.0596. The third-order valence-electron chi connectivity index (χ3n) is 3.35. The first-order valence-corrected chi connectivity index (χ1v) is 7.58. The van der Waals surface area contributed by atoms with Gasteiger partial charge in [0.15, 0.2) is 0 Å². The Balaban J connectivity index is 1.63. The molecule has 0 unspecified atom stereocenters. The molecule has 2 aromatic heterocycles. The molecule has 0 atom stereocenters. The highest BCUT2D eigenvalue weighted by Crippen LogP contribution is 2.21. The number of aromatic nitrogens is 4. The molecule has 0 aromatic carbocycles. The molecule has 1 amide bonds. The van der Waals surface area contributed by atoms with Crippen LogP contribution in [-0.4, -0.2) is 57.2 Å². The van der Waals surface area contributed by atoms with Gasteiger partial charge in [0.1, 0.15) is 10.7 Å². The number of amides is 1. The summed E-state index contributed by atoms with van der Waals surface area (Å²) in [7, 11) is 0. The van der Waals surface area contributed by atoms with Crippen molar-refractivity contribution in [3.05, 3.63) is 28.8 Å². The Morgan fingerprint density at radius 1 is 1.10 bits per heavy atom. The van der Waals surface area contributed by atoms with Crippen LogP contribution in [0.5, 0.6) is 0 Å². The highest BCUT2D eigenvalue weighted by Gasteiger charge is 2.24. The molecule has 110 valence electrons. The monoisotopic (exact) mass is 304 g/mol. The first-order valence-electron chi connectivity index (χ1n) is 6.76. The number of carbonyl (C=O) groups excluding carboxylic acids is 1. The highest BCUT2D eigenvalue weighted by atomic mass is 32.1. The molecule has 1 aliphatic heterocycles. The summed E-state index contributed by atoms with van der Waals surface area (Å²) in [5.41, 5.74) is 1.21. The van der Waals surface area contributed by atoms with Crippen LogP contribution in [0.2, 0.25) is 0 Å². The number of nitrogens with zero attached hydrogens (tertiary/aromatic N) is 6. The molecule has 2 aromatic rings. The molecule has 8 heteroatoms. The van der Waals surface area contributed by atoms with E-state index in [4.69, 9.17) is 0 Å². The number of rotatable bonds is 2. The van der Waals surface area contributed by atoms with E-state index >= 15 is 0 Å². The molecule has 21 heavy (non-hydrogen) atoms. The van der Waals surface area contributed by atoms with Gasteiger partial charge < -0.3 is 9.80 Å². The Labute approximate surface area is 126 Å². The molecule has 0 saturated carbocycles. The van der Waals surface area contributed by atoms with Crippen molar-refractivity contribution >= 4 is 22.4 Å². The van der Waals surface area contributed by atoms with Crippen LogP contribution in [0.1, 0.15) is 21.2 Å². The van der Waals surface area contributed by atoms with E-state index in [1.165, 1.54) is 6.20 Å². The molecular formula is C13H16N6OS. The zero-order valence-electron chi connectivity index (χ0n) is 12.0. The van der Waals surface area contributed by atoms with Gasteiger partial charge in [-0.3, -0.25) is 9.78 Å². The van der Waals surface area contributed by atoms with Crippen LogP contribution in [-0.2, 0) is 0 Å². The Morgan fingerprint density at radius 3 is 2.43 bits per heavy atom. The van der Waals surface area contributed by atoms with Gasteiger partial charge >= 0.3 is 0 Å². The average molecular weight is 304 g/mol. The second-order valence-corrected chi connectivity index (χ2v) is 6.09. The van der Waals surface area contributed by atoms with Crippen molar-refractivity contribution in [2.24, 2.45) is 0 Å². The highest BCUT2D eigenvalue weighted by molar-refractivity contribution is 7.15. The summed E-state index contributed by atoms with van der Waals surface area (Å²) in [6.45, 7) is 6.64. The molecule has 1 aliphatic rings. The van der Waals surface area contributed by atoms with Gasteiger partial charge in [-0.1, -0.05) is 11.3 Å². The normalized spacial score (nSPS) is 15.3. The van der Waals surface area contributed by atoms with Crippen molar-refractivity contribution in [2.75, 3.05) is 31.1 Å². The SMILES string of the molecule is Cc1cnc(C(=O)N2CCN(c3nnc(C)s3)CC2)cn1. The van der Waals surface area contributed by atoms with Gasteiger partial charge in [-0.25, -0.2) is 4.98 Å². The van der Waals surface area contributed by atoms with E-state index in [9.17, 15) is 4.79 Å². The van der Waals surface area contributed by atoms with Crippen LogP contribution in [0.15, 0.2) is 12.4 Å². The maximum atomic E-state index is 12.3. The Hall–Kier alpha value is -2.09. The first-order chi connectivity index (χ1) is 10.1. The fourth-order valence-electron chi connectivity index (χ4n) is 2.18. The number of hydrogen-bond donors (Lipinski definition) is 0. The van der Waals surface area contributed by atoms with Crippen LogP contribution in [0, 0.1) is 13.8 Å². The molecule has 0 radical (unpaired) electrons. The van der Waals surface area contributed by atoms with Crippen molar-refractivity contribution in [3.8, 4) is 0 Å². The lowest BCUT2D eigenvalue weighted by Crippen LogP contribution is -2.49. The lowest BCUT2D eigenvalue weighted by Gasteiger charge is -2.34. The van der Waals surface area contributed by atoms with Crippen molar-refractivity contribution in [3.63, 3.8) is 0 Å². The molecule has 3 heterocycles. The standard InChI is InChI=1S/C13H16N6OS/c1-9-7-15-11(8-14-9)12(20)18-3-5-19(6-4-18)13-17-16-10(2)21-13/h7-8H,3-6H2,1-2H3. The zero-order chi connectivity index (χ0) is 14.8. The van der Waals surface area contributed by atoms with Gasteiger partial charge in [-0.2, -0.15) is 0 Å². The molecule has 0 bridgehead atoms. The summed E-state index contributed by atoms with van der Waals surface area (Å²) in [5, 5.41) is 10.1. The topological polar surface area (TPSA) is 75.1 Å². The maximum absolute atomic E-state index is 12.3. The molecule has 3 rings (SSSR count).